The molecular weight excluding hydrogens is 384 g/mol. The molecule has 3 aromatic rings. The Hall–Kier alpha value is -3.11. The molecule has 0 aliphatic heterocycles. The summed E-state index contributed by atoms with van der Waals surface area (Å²) >= 11 is 0. The lowest BCUT2D eigenvalue weighted by atomic mass is 10.1. The summed E-state index contributed by atoms with van der Waals surface area (Å²) in [6, 6.07) is 13.3. The van der Waals surface area contributed by atoms with Gasteiger partial charge in [0.2, 0.25) is 10.0 Å². The van der Waals surface area contributed by atoms with Gasteiger partial charge in [-0.1, -0.05) is 29.5 Å². The van der Waals surface area contributed by atoms with Crippen LogP contribution in [0.4, 0.5) is 0 Å². The monoisotopic (exact) mass is 402 g/mol. The summed E-state index contributed by atoms with van der Waals surface area (Å²) in [6.07, 6.45) is 1.59. The second-order valence-electron chi connectivity index (χ2n) is 6.09. The van der Waals surface area contributed by atoms with E-state index in [0.29, 0.717) is 22.9 Å². The highest BCUT2D eigenvalue weighted by molar-refractivity contribution is 7.88. The number of nitrogens with zero attached hydrogens (tertiary/aromatic N) is 3. The van der Waals surface area contributed by atoms with Gasteiger partial charge in [-0.25, -0.2) is 17.9 Å². The summed E-state index contributed by atoms with van der Waals surface area (Å²) in [5.74, 6) is -0.609. The lowest BCUT2D eigenvalue weighted by Gasteiger charge is -2.07. The van der Waals surface area contributed by atoms with Crippen molar-refractivity contribution in [2.45, 2.75) is 13.2 Å². The van der Waals surface area contributed by atoms with Crippen LogP contribution < -0.4 is 10.3 Å². The SMILES string of the molecule is CS(=O)(=O)NCCc1ccc(C(=O)OCn2nnc3ccccc3c2=O)cc1. The fourth-order valence-electron chi connectivity index (χ4n) is 2.50. The predicted octanol–water partition coefficient (Wildman–Crippen LogP) is 0.698. The topological polar surface area (TPSA) is 120 Å². The number of carbonyl (C=O) groups is 1. The van der Waals surface area contributed by atoms with Gasteiger partial charge < -0.3 is 4.74 Å². The molecule has 0 saturated carbocycles. The lowest BCUT2D eigenvalue weighted by Crippen LogP contribution is -2.26. The zero-order valence-corrected chi connectivity index (χ0v) is 15.8. The highest BCUT2D eigenvalue weighted by Gasteiger charge is 2.10. The van der Waals surface area contributed by atoms with Crippen LogP contribution in [0, 0.1) is 0 Å². The largest absolute Gasteiger partial charge is 0.439 e. The average Bonchev–Trinajstić information content (AvgIpc) is 2.67. The van der Waals surface area contributed by atoms with Crippen LogP contribution >= 0.6 is 0 Å². The van der Waals surface area contributed by atoms with E-state index in [4.69, 9.17) is 4.74 Å². The summed E-state index contributed by atoms with van der Waals surface area (Å²) in [6.45, 7) is -0.0816. The highest BCUT2D eigenvalue weighted by atomic mass is 32.2. The molecule has 146 valence electrons. The fourth-order valence-corrected chi connectivity index (χ4v) is 2.97. The molecule has 9 nitrogen and oxygen atoms in total. The normalized spacial score (nSPS) is 11.5. The van der Waals surface area contributed by atoms with Crippen molar-refractivity contribution in [1.29, 1.82) is 0 Å². The van der Waals surface area contributed by atoms with E-state index in [1.165, 1.54) is 0 Å². The first-order valence-corrected chi connectivity index (χ1v) is 10.3. The molecule has 3 rings (SSSR count). The number of esters is 1. The van der Waals surface area contributed by atoms with Crippen molar-refractivity contribution in [2.24, 2.45) is 0 Å². The van der Waals surface area contributed by atoms with Gasteiger partial charge in [-0.05, 0) is 36.2 Å². The van der Waals surface area contributed by atoms with Gasteiger partial charge >= 0.3 is 5.97 Å². The molecular formula is C18H18N4O5S. The molecule has 28 heavy (non-hydrogen) atoms. The third-order valence-electron chi connectivity index (χ3n) is 3.91. The molecule has 0 radical (unpaired) electrons. The standard InChI is InChI=1S/C18H18N4O5S/c1-28(25,26)19-11-10-13-6-8-14(9-7-13)18(24)27-12-22-17(23)15-4-2-3-5-16(15)20-21-22/h2-9,19H,10-12H2,1H3. The van der Waals surface area contributed by atoms with Crippen molar-refractivity contribution in [3.05, 3.63) is 70.0 Å². The van der Waals surface area contributed by atoms with E-state index in [1.54, 1.807) is 48.5 Å². The van der Waals surface area contributed by atoms with Crippen LogP contribution in [-0.4, -0.2) is 42.2 Å². The Balaban J connectivity index is 1.61. The number of ether oxygens (including phenoxy) is 1. The van der Waals surface area contributed by atoms with Crippen molar-refractivity contribution in [2.75, 3.05) is 12.8 Å². The van der Waals surface area contributed by atoms with E-state index < -0.39 is 21.6 Å². The predicted molar refractivity (Wildman–Crippen MR) is 102 cm³/mol. The number of fused-ring (bicyclic) bond motifs is 1. The Bertz CT molecular complexity index is 1160. The van der Waals surface area contributed by atoms with Gasteiger partial charge in [-0.15, -0.1) is 5.10 Å². The van der Waals surface area contributed by atoms with Crippen molar-refractivity contribution >= 4 is 26.9 Å². The summed E-state index contributed by atoms with van der Waals surface area (Å²) in [4.78, 5) is 24.5. The quantitative estimate of drug-likeness (QED) is 0.578. The minimum Gasteiger partial charge on any atom is -0.439 e. The van der Waals surface area contributed by atoms with Crippen LogP contribution in [0.5, 0.6) is 0 Å². The molecule has 0 amide bonds. The van der Waals surface area contributed by atoms with Gasteiger partial charge in [-0.3, -0.25) is 4.79 Å². The van der Waals surface area contributed by atoms with E-state index in [2.05, 4.69) is 15.0 Å². The number of hydrogen-bond acceptors (Lipinski definition) is 7. The summed E-state index contributed by atoms with van der Waals surface area (Å²) in [5, 5.41) is 8.07. The maximum atomic E-state index is 12.3. The molecule has 0 aliphatic rings. The minimum atomic E-state index is -3.23. The van der Waals surface area contributed by atoms with Crippen LogP contribution in [0.1, 0.15) is 15.9 Å². The third-order valence-corrected chi connectivity index (χ3v) is 4.64. The second-order valence-corrected chi connectivity index (χ2v) is 7.92. The maximum absolute atomic E-state index is 12.3. The minimum absolute atomic E-state index is 0.270. The average molecular weight is 402 g/mol. The summed E-state index contributed by atoms with van der Waals surface area (Å²) < 4.78 is 30.6. The smallest absolute Gasteiger partial charge is 0.339 e. The molecule has 1 aromatic heterocycles. The van der Waals surface area contributed by atoms with Crippen LogP contribution in [-0.2, 0) is 27.9 Å². The first kappa shape index (κ1) is 19.6. The highest BCUT2D eigenvalue weighted by Crippen LogP contribution is 2.08. The van der Waals surface area contributed by atoms with Crippen molar-refractivity contribution < 1.29 is 17.9 Å². The first-order chi connectivity index (χ1) is 13.3. The number of aromatic nitrogens is 3. The molecule has 2 aromatic carbocycles. The van der Waals surface area contributed by atoms with Crippen LogP contribution in [0.25, 0.3) is 10.9 Å². The van der Waals surface area contributed by atoms with Gasteiger partial charge in [0.1, 0.15) is 5.52 Å². The second kappa shape index (κ2) is 8.28. The Morgan fingerprint density at radius 1 is 1.14 bits per heavy atom. The Kier molecular flexibility index (Phi) is 5.81. The van der Waals surface area contributed by atoms with Gasteiger partial charge in [0, 0.05) is 6.54 Å². The molecule has 0 fully saturated rings. The number of benzene rings is 2. The van der Waals surface area contributed by atoms with Crippen molar-refractivity contribution in [1.82, 2.24) is 19.7 Å². The van der Waals surface area contributed by atoms with E-state index in [-0.39, 0.29) is 13.3 Å². The zero-order valence-electron chi connectivity index (χ0n) is 15.0. The Labute approximate surface area is 161 Å². The van der Waals surface area contributed by atoms with E-state index >= 15 is 0 Å². The van der Waals surface area contributed by atoms with Crippen LogP contribution in [0.2, 0.25) is 0 Å². The molecule has 10 heteroatoms. The molecule has 0 bridgehead atoms. The van der Waals surface area contributed by atoms with Gasteiger partial charge in [0.05, 0.1) is 17.2 Å². The number of carbonyl (C=O) groups excluding carboxylic acids is 1. The van der Waals surface area contributed by atoms with Crippen molar-refractivity contribution in [3.63, 3.8) is 0 Å². The zero-order chi connectivity index (χ0) is 20.1. The van der Waals surface area contributed by atoms with Gasteiger partial charge in [0.15, 0.2) is 6.73 Å². The van der Waals surface area contributed by atoms with Crippen molar-refractivity contribution in [3.8, 4) is 0 Å². The Morgan fingerprint density at radius 2 is 1.86 bits per heavy atom. The molecule has 0 unspecified atom stereocenters. The molecule has 0 atom stereocenters. The maximum Gasteiger partial charge on any atom is 0.339 e. The Morgan fingerprint density at radius 3 is 2.57 bits per heavy atom. The van der Waals surface area contributed by atoms with E-state index in [0.717, 1.165) is 16.5 Å². The molecule has 1 N–H and O–H groups in total. The van der Waals surface area contributed by atoms with Gasteiger partial charge in [0.25, 0.3) is 5.56 Å². The third kappa shape index (κ3) is 4.99. The number of rotatable bonds is 7. The summed E-state index contributed by atoms with van der Waals surface area (Å²) in [5.41, 5.74) is 1.24. The lowest BCUT2D eigenvalue weighted by molar-refractivity contribution is 0.0336. The van der Waals surface area contributed by atoms with E-state index in [1.807, 2.05) is 0 Å². The molecule has 0 spiro atoms. The summed E-state index contributed by atoms with van der Waals surface area (Å²) in [7, 11) is -3.23. The van der Waals surface area contributed by atoms with E-state index in [9.17, 15) is 18.0 Å². The number of sulfonamides is 1. The number of hydrogen-bond donors (Lipinski definition) is 1. The van der Waals surface area contributed by atoms with Crippen LogP contribution in [0.15, 0.2) is 53.3 Å². The van der Waals surface area contributed by atoms with Crippen LogP contribution in [0.3, 0.4) is 0 Å². The molecule has 1 heterocycles. The first-order valence-electron chi connectivity index (χ1n) is 8.37. The fraction of sp³-hybridized carbons (Fsp3) is 0.222. The van der Waals surface area contributed by atoms with Gasteiger partial charge in [-0.2, -0.15) is 4.68 Å². The molecule has 0 aliphatic carbocycles. The number of nitrogens with one attached hydrogen (secondary N) is 1. The molecule has 0 saturated heterocycles.